The highest BCUT2D eigenvalue weighted by Gasteiger charge is 2.56. The van der Waals surface area contributed by atoms with E-state index in [4.69, 9.17) is 23.2 Å². The number of nitrogens with one attached hydrogen (secondary N) is 1. The number of carbonyl (C=O) groups excluding carboxylic acids is 1. The van der Waals surface area contributed by atoms with Gasteiger partial charge < -0.3 is 5.32 Å². The molecule has 0 radical (unpaired) electrons. The molecule has 1 aliphatic carbocycles. The van der Waals surface area contributed by atoms with Crippen LogP contribution in [0.2, 0.25) is 0 Å². The van der Waals surface area contributed by atoms with Gasteiger partial charge in [0.15, 0.2) is 0 Å². The van der Waals surface area contributed by atoms with Gasteiger partial charge in [0, 0.05) is 6.04 Å². The lowest BCUT2D eigenvalue weighted by atomic mass is 10.3. The predicted octanol–water partition coefficient (Wildman–Crippen LogP) is 1.87. The van der Waals surface area contributed by atoms with E-state index in [0.717, 1.165) is 0 Å². The van der Waals surface area contributed by atoms with Crippen LogP contribution in [0.25, 0.3) is 0 Å². The number of amides is 1. The van der Waals surface area contributed by atoms with Crippen molar-refractivity contribution in [2.75, 3.05) is 0 Å². The largest absolute Gasteiger partial charge is 0.350 e. The van der Waals surface area contributed by atoms with Crippen LogP contribution in [0.4, 0.5) is 0 Å². The second-order valence-electron chi connectivity index (χ2n) is 3.05. The predicted molar refractivity (Wildman–Crippen MR) is 50.3 cm³/mol. The molecule has 12 heavy (non-hydrogen) atoms. The Labute approximate surface area is 81.9 Å². The Hall–Kier alpha value is -0.210. The highest BCUT2D eigenvalue weighted by Crippen LogP contribution is 2.53. The smallest absolute Gasteiger partial charge is 0.226 e. The first-order chi connectivity index (χ1) is 5.47. The number of hydrogen-bond donors (Lipinski definition) is 1. The van der Waals surface area contributed by atoms with Crippen molar-refractivity contribution < 1.29 is 4.79 Å². The van der Waals surface area contributed by atoms with E-state index in [2.05, 4.69) is 11.9 Å². The lowest BCUT2D eigenvalue weighted by molar-refractivity contribution is -0.122. The second kappa shape index (κ2) is 3.27. The molecule has 0 heterocycles. The molecule has 0 aromatic rings. The summed E-state index contributed by atoms with van der Waals surface area (Å²) in [4.78, 5) is 11.3. The Morgan fingerprint density at radius 2 is 2.33 bits per heavy atom. The van der Waals surface area contributed by atoms with Crippen LogP contribution in [0.3, 0.4) is 0 Å². The molecule has 0 aliphatic heterocycles. The average molecular weight is 208 g/mol. The molecule has 0 saturated heterocycles. The number of carbonyl (C=O) groups is 1. The van der Waals surface area contributed by atoms with Crippen LogP contribution in [0.15, 0.2) is 12.7 Å². The van der Waals surface area contributed by atoms with Gasteiger partial charge in [-0.05, 0) is 13.3 Å². The zero-order chi connectivity index (χ0) is 9.35. The molecule has 2 atom stereocenters. The van der Waals surface area contributed by atoms with E-state index in [1.807, 2.05) is 6.92 Å². The first-order valence-electron chi connectivity index (χ1n) is 3.78. The third-order valence-electron chi connectivity index (χ3n) is 1.87. The number of alkyl halides is 2. The topological polar surface area (TPSA) is 29.1 Å². The van der Waals surface area contributed by atoms with E-state index in [9.17, 15) is 4.79 Å². The quantitative estimate of drug-likeness (QED) is 0.556. The molecule has 68 valence electrons. The summed E-state index contributed by atoms with van der Waals surface area (Å²) in [5.74, 6) is -0.337. The minimum absolute atomic E-state index is 0.0257. The summed E-state index contributed by atoms with van der Waals surface area (Å²) >= 11 is 11.4. The lowest BCUT2D eigenvalue weighted by Crippen LogP contribution is -2.33. The Bertz CT molecular complexity index is 215. The molecule has 4 heteroatoms. The molecule has 1 amide bonds. The van der Waals surface area contributed by atoms with E-state index < -0.39 is 4.33 Å². The maximum absolute atomic E-state index is 11.3. The van der Waals surface area contributed by atoms with Crippen LogP contribution in [0, 0.1) is 5.92 Å². The van der Waals surface area contributed by atoms with Crippen LogP contribution in [-0.2, 0) is 4.79 Å². The van der Waals surface area contributed by atoms with E-state index in [1.54, 1.807) is 6.08 Å². The summed E-state index contributed by atoms with van der Waals surface area (Å²) in [6.45, 7) is 5.39. The van der Waals surface area contributed by atoms with Crippen molar-refractivity contribution in [2.24, 2.45) is 5.92 Å². The fourth-order valence-electron chi connectivity index (χ4n) is 0.882. The number of halogens is 2. The Morgan fingerprint density at radius 3 is 2.67 bits per heavy atom. The molecule has 2 nitrogen and oxygen atoms in total. The van der Waals surface area contributed by atoms with E-state index >= 15 is 0 Å². The Morgan fingerprint density at radius 1 is 1.83 bits per heavy atom. The summed E-state index contributed by atoms with van der Waals surface area (Å²) < 4.78 is -0.828. The zero-order valence-electron chi connectivity index (χ0n) is 6.81. The molecule has 0 aromatic carbocycles. The van der Waals surface area contributed by atoms with Gasteiger partial charge in [-0.15, -0.1) is 29.8 Å². The minimum atomic E-state index is -0.828. The minimum Gasteiger partial charge on any atom is -0.350 e. The number of rotatable bonds is 3. The van der Waals surface area contributed by atoms with Crippen molar-refractivity contribution in [2.45, 2.75) is 23.7 Å². The van der Waals surface area contributed by atoms with Crippen molar-refractivity contribution >= 4 is 29.1 Å². The fourth-order valence-corrected chi connectivity index (χ4v) is 1.39. The van der Waals surface area contributed by atoms with Crippen molar-refractivity contribution in [1.29, 1.82) is 0 Å². The van der Waals surface area contributed by atoms with Gasteiger partial charge in [-0.1, -0.05) is 6.08 Å². The molecular weight excluding hydrogens is 197 g/mol. The molecule has 1 fully saturated rings. The molecule has 0 bridgehead atoms. The van der Waals surface area contributed by atoms with Crippen molar-refractivity contribution in [3.8, 4) is 0 Å². The molecule has 0 aromatic heterocycles. The first kappa shape index (κ1) is 9.87. The van der Waals surface area contributed by atoms with Crippen molar-refractivity contribution in [3.05, 3.63) is 12.7 Å². The normalized spacial score (nSPS) is 27.4. The monoisotopic (exact) mass is 207 g/mol. The summed E-state index contributed by atoms with van der Waals surface area (Å²) in [7, 11) is 0. The molecule has 1 rings (SSSR count). The molecule has 1 aliphatic rings. The van der Waals surface area contributed by atoms with Gasteiger partial charge in [0.05, 0.1) is 5.92 Å². The van der Waals surface area contributed by atoms with Crippen molar-refractivity contribution in [3.63, 3.8) is 0 Å². The van der Waals surface area contributed by atoms with Crippen molar-refractivity contribution in [1.82, 2.24) is 5.32 Å². The van der Waals surface area contributed by atoms with Gasteiger partial charge in [-0.3, -0.25) is 4.79 Å². The Balaban J connectivity index is 2.36. The highest BCUT2D eigenvalue weighted by atomic mass is 35.5. The van der Waals surface area contributed by atoms with Gasteiger partial charge in [-0.2, -0.15) is 0 Å². The molecular formula is C8H11Cl2NO. The second-order valence-corrected chi connectivity index (χ2v) is 4.59. The van der Waals surface area contributed by atoms with Gasteiger partial charge in [0.2, 0.25) is 5.91 Å². The lowest BCUT2D eigenvalue weighted by Gasteiger charge is -2.08. The fraction of sp³-hybridized carbons (Fsp3) is 0.625. The summed E-state index contributed by atoms with van der Waals surface area (Å²) in [6, 6.07) is -0.0257. The average Bonchev–Trinajstić information content (AvgIpc) is 2.59. The van der Waals surface area contributed by atoms with E-state index in [-0.39, 0.29) is 17.9 Å². The van der Waals surface area contributed by atoms with Crippen LogP contribution in [0.1, 0.15) is 13.3 Å². The SMILES string of the molecule is C=CC(C)NC(=O)C1CC1(Cl)Cl. The van der Waals surface area contributed by atoms with Gasteiger partial charge >= 0.3 is 0 Å². The zero-order valence-corrected chi connectivity index (χ0v) is 8.32. The van der Waals surface area contributed by atoms with E-state index in [1.165, 1.54) is 0 Å². The molecule has 1 N–H and O–H groups in total. The standard InChI is InChI=1S/C8H11Cl2NO/c1-3-5(2)11-7(12)6-4-8(6,9)10/h3,5-6H,1,4H2,2H3,(H,11,12). The third kappa shape index (κ3) is 2.14. The van der Waals surface area contributed by atoms with Gasteiger partial charge in [0.1, 0.15) is 4.33 Å². The third-order valence-corrected chi connectivity index (χ3v) is 2.70. The number of hydrogen-bond acceptors (Lipinski definition) is 1. The molecule has 1 saturated carbocycles. The van der Waals surface area contributed by atoms with Crippen LogP contribution >= 0.6 is 23.2 Å². The summed E-state index contributed by atoms with van der Waals surface area (Å²) in [5, 5.41) is 2.72. The summed E-state index contributed by atoms with van der Waals surface area (Å²) in [5.41, 5.74) is 0. The Kier molecular flexibility index (Phi) is 2.69. The van der Waals surface area contributed by atoms with Crippen LogP contribution in [-0.4, -0.2) is 16.3 Å². The summed E-state index contributed by atoms with van der Waals surface area (Å²) in [6.07, 6.45) is 2.20. The van der Waals surface area contributed by atoms with Crippen LogP contribution < -0.4 is 5.32 Å². The van der Waals surface area contributed by atoms with Gasteiger partial charge in [0.25, 0.3) is 0 Å². The molecule has 2 unspecified atom stereocenters. The first-order valence-corrected chi connectivity index (χ1v) is 4.53. The van der Waals surface area contributed by atoms with E-state index in [0.29, 0.717) is 6.42 Å². The maximum Gasteiger partial charge on any atom is 0.226 e. The highest BCUT2D eigenvalue weighted by molar-refractivity contribution is 6.52. The van der Waals surface area contributed by atoms with Gasteiger partial charge in [-0.25, -0.2) is 0 Å². The molecule has 0 spiro atoms. The van der Waals surface area contributed by atoms with Crippen LogP contribution in [0.5, 0.6) is 0 Å². The maximum atomic E-state index is 11.3.